The molecule has 0 aliphatic carbocycles. The van der Waals surface area contributed by atoms with E-state index in [0.29, 0.717) is 11.4 Å². The van der Waals surface area contributed by atoms with Gasteiger partial charge < -0.3 is 10.5 Å². The first-order valence-corrected chi connectivity index (χ1v) is 7.36. The highest BCUT2D eigenvalue weighted by Crippen LogP contribution is 2.27. The van der Waals surface area contributed by atoms with E-state index in [9.17, 15) is 0 Å². The Balaban J connectivity index is 1.80. The molecule has 0 amide bonds. The Bertz CT molecular complexity index is 324. The molecule has 2 nitrogen and oxygen atoms in total. The van der Waals surface area contributed by atoms with Gasteiger partial charge in [-0.15, -0.1) is 0 Å². The van der Waals surface area contributed by atoms with E-state index in [0.717, 1.165) is 12.4 Å². The van der Waals surface area contributed by atoms with E-state index >= 15 is 0 Å². The first-order chi connectivity index (χ1) is 8.27. The highest BCUT2D eigenvalue weighted by Gasteiger charge is 2.20. The monoisotopic (exact) mass is 251 g/mol. The zero-order valence-corrected chi connectivity index (χ0v) is 11.2. The molecule has 1 heterocycles. The Kier molecular flexibility index (Phi) is 4.89. The van der Waals surface area contributed by atoms with Gasteiger partial charge in [-0.1, -0.05) is 37.3 Å². The van der Waals surface area contributed by atoms with Crippen molar-refractivity contribution in [3.63, 3.8) is 0 Å². The van der Waals surface area contributed by atoms with Crippen LogP contribution in [0, 0.1) is 0 Å². The van der Waals surface area contributed by atoms with Crippen molar-refractivity contribution < 1.29 is 4.74 Å². The molecule has 1 aliphatic heterocycles. The lowest BCUT2D eigenvalue weighted by atomic mass is 10.1. The topological polar surface area (TPSA) is 35.2 Å². The van der Waals surface area contributed by atoms with E-state index in [4.69, 9.17) is 10.5 Å². The molecule has 94 valence electrons. The first kappa shape index (κ1) is 12.9. The lowest BCUT2D eigenvalue weighted by Crippen LogP contribution is -2.23. The molecular weight excluding hydrogens is 230 g/mol. The minimum Gasteiger partial charge on any atom is -0.377 e. The van der Waals surface area contributed by atoms with Crippen LogP contribution in [0.1, 0.15) is 31.4 Å². The molecule has 3 atom stereocenters. The van der Waals surface area contributed by atoms with Gasteiger partial charge in [-0.25, -0.2) is 0 Å². The zero-order chi connectivity index (χ0) is 12.1. The highest BCUT2D eigenvalue weighted by atomic mass is 32.2. The summed E-state index contributed by atoms with van der Waals surface area (Å²) in [5.41, 5.74) is 7.48. The number of nitrogens with two attached hydrogens (primary N) is 1. The van der Waals surface area contributed by atoms with E-state index in [1.807, 2.05) is 30.0 Å². The van der Waals surface area contributed by atoms with Crippen LogP contribution in [0.15, 0.2) is 30.3 Å². The lowest BCUT2D eigenvalue weighted by Gasteiger charge is -2.21. The standard InChI is InChI=1S/C14H21NOS/c1-11(17-10-13-8-5-9-16-13)14(15)12-6-3-2-4-7-12/h2-4,6-7,11,13-14H,5,8-10,15H2,1H3. The van der Waals surface area contributed by atoms with Gasteiger partial charge in [0, 0.05) is 23.7 Å². The fraction of sp³-hybridized carbons (Fsp3) is 0.571. The van der Waals surface area contributed by atoms with Crippen molar-refractivity contribution in [3.05, 3.63) is 35.9 Å². The third-order valence-corrected chi connectivity index (χ3v) is 4.64. The number of hydrogen-bond acceptors (Lipinski definition) is 3. The summed E-state index contributed by atoms with van der Waals surface area (Å²) in [6.45, 7) is 3.14. The van der Waals surface area contributed by atoms with E-state index in [2.05, 4.69) is 19.1 Å². The predicted molar refractivity (Wildman–Crippen MR) is 74.3 cm³/mol. The van der Waals surface area contributed by atoms with Gasteiger partial charge in [0.1, 0.15) is 0 Å². The number of hydrogen-bond donors (Lipinski definition) is 1. The molecule has 1 aliphatic rings. The maximum Gasteiger partial charge on any atom is 0.0666 e. The smallest absolute Gasteiger partial charge is 0.0666 e. The van der Waals surface area contributed by atoms with Crippen molar-refractivity contribution in [1.29, 1.82) is 0 Å². The number of thioether (sulfide) groups is 1. The fourth-order valence-corrected chi connectivity index (χ4v) is 3.23. The Morgan fingerprint density at radius 1 is 1.41 bits per heavy atom. The summed E-state index contributed by atoms with van der Waals surface area (Å²) in [5.74, 6) is 1.07. The van der Waals surface area contributed by atoms with E-state index in [1.165, 1.54) is 18.4 Å². The molecule has 0 saturated carbocycles. The minimum absolute atomic E-state index is 0.114. The predicted octanol–water partition coefficient (Wildman–Crippen LogP) is 2.99. The maximum atomic E-state index is 6.26. The van der Waals surface area contributed by atoms with Crippen LogP contribution in [-0.2, 0) is 4.74 Å². The van der Waals surface area contributed by atoms with Crippen molar-refractivity contribution in [2.24, 2.45) is 5.73 Å². The second-order valence-electron chi connectivity index (χ2n) is 4.61. The minimum atomic E-state index is 0.114. The molecule has 1 aromatic rings. The molecule has 1 aromatic carbocycles. The van der Waals surface area contributed by atoms with Crippen LogP contribution >= 0.6 is 11.8 Å². The Morgan fingerprint density at radius 3 is 2.82 bits per heavy atom. The third kappa shape index (κ3) is 3.73. The summed E-state index contributed by atoms with van der Waals surface area (Å²) in [5, 5.41) is 0.432. The van der Waals surface area contributed by atoms with Crippen LogP contribution in [0.5, 0.6) is 0 Å². The van der Waals surface area contributed by atoms with Gasteiger partial charge in [0.25, 0.3) is 0 Å². The van der Waals surface area contributed by atoms with Gasteiger partial charge in [0.2, 0.25) is 0 Å². The molecule has 2 rings (SSSR count). The molecule has 3 heteroatoms. The molecule has 1 fully saturated rings. The molecule has 0 spiro atoms. The summed E-state index contributed by atoms with van der Waals surface area (Å²) in [6.07, 6.45) is 2.87. The van der Waals surface area contributed by atoms with Gasteiger partial charge in [0.15, 0.2) is 0 Å². The van der Waals surface area contributed by atoms with Gasteiger partial charge in [-0.05, 0) is 18.4 Å². The van der Waals surface area contributed by atoms with Crippen molar-refractivity contribution in [3.8, 4) is 0 Å². The normalized spacial score (nSPS) is 23.5. The quantitative estimate of drug-likeness (QED) is 0.874. The number of benzene rings is 1. The largest absolute Gasteiger partial charge is 0.377 e. The van der Waals surface area contributed by atoms with Crippen LogP contribution < -0.4 is 5.73 Å². The maximum absolute atomic E-state index is 6.26. The molecule has 1 saturated heterocycles. The van der Waals surface area contributed by atoms with E-state index in [1.54, 1.807) is 0 Å². The molecular formula is C14H21NOS. The fourth-order valence-electron chi connectivity index (χ4n) is 2.08. The molecule has 0 radical (unpaired) electrons. The van der Waals surface area contributed by atoms with Gasteiger partial charge >= 0.3 is 0 Å². The van der Waals surface area contributed by atoms with E-state index < -0.39 is 0 Å². The molecule has 0 aromatic heterocycles. The zero-order valence-electron chi connectivity index (χ0n) is 10.3. The van der Waals surface area contributed by atoms with Crippen molar-refractivity contribution in [2.45, 2.75) is 37.2 Å². The number of rotatable bonds is 5. The Hall–Kier alpha value is -0.510. The summed E-state index contributed by atoms with van der Waals surface area (Å²) >= 11 is 1.93. The molecule has 3 unspecified atom stereocenters. The average molecular weight is 251 g/mol. The molecule has 0 bridgehead atoms. The van der Waals surface area contributed by atoms with Crippen LogP contribution in [0.4, 0.5) is 0 Å². The second-order valence-corrected chi connectivity index (χ2v) is 6.02. The SMILES string of the molecule is CC(SCC1CCCO1)C(N)c1ccccc1. The summed E-state index contributed by atoms with van der Waals surface area (Å²) in [6, 6.07) is 10.4. The molecule has 2 N–H and O–H groups in total. The van der Waals surface area contributed by atoms with Crippen molar-refractivity contribution in [2.75, 3.05) is 12.4 Å². The van der Waals surface area contributed by atoms with Crippen molar-refractivity contribution in [1.82, 2.24) is 0 Å². The Labute approximate surface area is 108 Å². The van der Waals surface area contributed by atoms with Crippen LogP contribution in [-0.4, -0.2) is 23.7 Å². The lowest BCUT2D eigenvalue weighted by molar-refractivity contribution is 0.128. The van der Waals surface area contributed by atoms with Crippen LogP contribution in [0.25, 0.3) is 0 Å². The second kappa shape index (κ2) is 6.43. The first-order valence-electron chi connectivity index (χ1n) is 6.31. The highest BCUT2D eigenvalue weighted by molar-refractivity contribution is 7.99. The van der Waals surface area contributed by atoms with Gasteiger partial charge in [0.05, 0.1) is 6.10 Å². The van der Waals surface area contributed by atoms with Crippen molar-refractivity contribution >= 4 is 11.8 Å². The summed E-state index contributed by atoms with van der Waals surface area (Å²) in [7, 11) is 0. The van der Waals surface area contributed by atoms with E-state index in [-0.39, 0.29) is 6.04 Å². The molecule has 17 heavy (non-hydrogen) atoms. The van der Waals surface area contributed by atoms with Gasteiger partial charge in [-0.2, -0.15) is 11.8 Å². The van der Waals surface area contributed by atoms with Gasteiger partial charge in [-0.3, -0.25) is 0 Å². The average Bonchev–Trinajstić information content (AvgIpc) is 2.89. The van der Waals surface area contributed by atoms with Crippen LogP contribution in [0.2, 0.25) is 0 Å². The summed E-state index contributed by atoms with van der Waals surface area (Å²) in [4.78, 5) is 0. The number of ether oxygens (including phenoxy) is 1. The third-order valence-electron chi connectivity index (χ3n) is 3.26. The summed E-state index contributed by atoms with van der Waals surface area (Å²) < 4.78 is 5.63. The Morgan fingerprint density at radius 2 is 2.18 bits per heavy atom. The van der Waals surface area contributed by atoms with Crippen LogP contribution in [0.3, 0.4) is 0 Å².